The van der Waals surface area contributed by atoms with Gasteiger partial charge in [-0.05, 0) is 32.7 Å². The molecule has 0 aromatic carbocycles. The summed E-state index contributed by atoms with van der Waals surface area (Å²) >= 11 is 0. The van der Waals surface area contributed by atoms with Crippen molar-refractivity contribution in [1.29, 1.82) is 0 Å². The average molecular weight is 321 g/mol. The molecule has 124 valence electrons. The minimum absolute atomic E-state index is 0.261. The van der Waals surface area contributed by atoms with Crippen LogP contribution in [0.1, 0.15) is 40.0 Å². The molecular formula is C13H27N3O4S. The van der Waals surface area contributed by atoms with Gasteiger partial charge in [-0.25, -0.2) is 4.72 Å². The highest BCUT2D eigenvalue weighted by Crippen LogP contribution is 2.21. The Bertz CT molecular complexity index is 425. The van der Waals surface area contributed by atoms with Crippen LogP contribution >= 0.6 is 0 Å². The number of carbonyl (C=O) groups is 1. The fraction of sp³-hybridized carbons (Fsp3) is 0.923. The van der Waals surface area contributed by atoms with E-state index in [0.29, 0.717) is 38.4 Å². The molecule has 0 amide bonds. The van der Waals surface area contributed by atoms with Gasteiger partial charge in [0.2, 0.25) is 0 Å². The third kappa shape index (κ3) is 5.90. The number of rotatable bonds is 9. The van der Waals surface area contributed by atoms with Crippen LogP contribution in [0.3, 0.4) is 0 Å². The molecule has 1 atom stereocenters. The molecule has 2 N–H and O–H groups in total. The van der Waals surface area contributed by atoms with Crippen molar-refractivity contribution in [3.05, 3.63) is 0 Å². The zero-order valence-electron chi connectivity index (χ0n) is 13.1. The first kappa shape index (κ1) is 18.3. The number of carbonyl (C=O) groups excluding carboxylic acids is 1. The van der Waals surface area contributed by atoms with E-state index in [-0.39, 0.29) is 6.61 Å². The Labute approximate surface area is 127 Å². The molecule has 21 heavy (non-hydrogen) atoms. The average Bonchev–Trinajstić information content (AvgIpc) is 2.88. The third-order valence-corrected chi connectivity index (χ3v) is 4.89. The lowest BCUT2D eigenvalue weighted by atomic mass is 10.2. The molecule has 0 radical (unpaired) electrons. The van der Waals surface area contributed by atoms with E-state index in [4.69, 9.17) is 4.74 Å². The first-order chi connectivity index (χ1) is 9.88. The molecular weight excluding hydrogens is 294 g/mol. The summed E-state index contributed by atoms with van der Waals surface area (Å²) in [6.07, 6.45) is 1.91. The lowest BCUT2D eigenvalue weighted by Gasteiger charge is -2.22. The molecule has 8 heteroatoms. The van der Waals surface area contributed by atoms with Gasteiger partial charge >= 0.3 is 5.97 Å². The molecule has 1 fully saturated rings. The number of nitrogens with one attached hydrogen (secondary N) is 2. The molecule has 0 aromatic rings. The third-order valence-electron chi connectivity index (χ3n) is 3.26. The summed E-state index contributed by atoms with van der Waals surface area (Å²) in [5, 5.41) is 3.22. The second kappa shape index (κ2) is 8.67. The molecule has 7 nitrogen and oxygen atoms in total. The van der Waals surface area contributed by atoms with Crippen LogP contribution in [-0.2, 0) is 19.7 Å². The summed E-state index contributed by atoms with van der Waals surface area (Å²) in [6.45, 7) is 7.53. The van der Waals surface area contributed by atoms with Gasteiger partial charge in [0.05, 0.1) is 6.61 Å². The highest BCUT2D eigenvalue weighted by atomic mass is 32.2. The van der Waals surface area contributed by atoms with Crippen LogP contribution in [0.5, 0.6) is 0 Å². The van der Waals surface area contributed by atoms with Crippen molar-refractivity contribution < 1.29 is 17.9 Å². The first-order valence-corrected chi connectivity index (χ1v) is 8.99. The van der Waals surface area contributed by atoms with Crippen LogP contribution in [0.2, 0.25) is 0 Å². The number of ether oxygens (including phenoxy) is 1. The summed E-state index contributed by atoms with van der Waals surface area (Å²) < 4.78 is 33.2. The largest absolute Gasteiger partial charge is 0.465 e. The van der Waals surface area contributed by atoms with Crippen LogP contribution in [-0.4, -0.2) is 57.0 Å². The zero-order valence-corrected chi connectivity index (χ0v) is 13.9. The molecule has 0 aromatic heterocycles. The van der Waals surface area contributed by atoms with Gasteiger partial charge in [-0.1, -0.05) is 13.8 Å². The molecule has 0 spiro atoms. The van der Waals surface area contributed by atoms with E-state index in [1.165, 1.54) is 4.31 Å². The number of nitrogens with zero attached hydrogens (tertiary/aromatic N) is 1. The minimum atomic E-state index is -3.62. The monoisotopic (exact) mass is 321 g/mol. The quantitative estimate of drug-likeness (QED) is 0.469. The van der Waals surface area contributed by atoms with Gasteiger partial charge in [0.15, 0.2) is 0 Å². The van der Waals surface area contributed by atoms with Crippen LogP contribution in [0, 0.1) is 0 Å². The predicted molar refractivity (Wildman–Crippen MR) is 81.0 cm³/mol. The maximum Gasteiger partial charge on any atom is 0.324 e. The number of hydrogen-bond acceptors (Lipinski definition) is 5. The second-order valence-electron chi connectivity index (χ2n) is 5.38. The molecule has 1 unspecified atom stereocenters. The Morgan fingerprint density at radius 3 is 2.71 bits per heavy atom. The van der Waals surface area contributed by atoms with E-state index < -0.39 is 22.2 Å². The van der Waals surface area contributed by atoms with E-state index in [9.17, 15) is 13.2 Å². The standard InChI is InChI=1S/C13H27N3O4S/c1-4-20-13(17)12-7-5-10-16(12)21(18,19)15-9-6-8-14-11(2)3/h11-12,14-15H,4-10H2,1-3H3. The second-order valence-corrected chi connectivity index (χ2v) is 7.09. The highest BCUT2D eigenvalue weighted by molar-refractivity contribution is 7.87. The molecule has 0 aliphatic carbocycles. The summed E-state index contributed by atoms with van der Waals surface area (Å²) in [5.74, 6) is -0.457. The molecule has 0 bridgehead atoms. The summed E-state index contributed by atoms with van der Waals surface area (Å²) in [4.78, 5) is 11.8. The maximum atomic E-state index is 12.2. The molecule has 1 aliphatic heterocycles. The van der Waals surface area contributed by atoms with E-state index in [1.807, 2.05) is 13.8 Å². The SMILES string of the molecule is CCOC(=O)C1CCCN1S(=O)(=O)NCCCNC(C)C. The summed E-state index contributed by atoms with van der Waals surface area (Å²) in [5.41, 5.74) is 0. The van der Waals surface area contributed by atoms with Crippen molar-refractivity contribution in [2.75, 3.05) is 26.2 Å². The lowest BCUT2D eigenvalue weighted by Crippen LogP contribution is -2.47. The molecule has 1 aliphatic rings. The molecule has 0 saturated carbocycles. The van der Waals surface area contributed by atoms with Gasteiger partial charge < -0.3 is 10.1 Å². The number of esters is 1. The molecule has 1 saturated heterocycles. The lowest BCUT2D eigenvalue weighted by molar-refractivity contribution is -0.146. The minimum Gasteiger partial charge on any atom is -0.465 e. The summed E-state index contributed by atoms with van der Waals surface area (Å²) in [7, 11) is -3.62. The Morgan fingerprint density at radius 2 is 2.10 bits per heavy atom. The van der Waals surface area contributed by atoms with Crippen molar-refractivity contribution >= 4 is 16.2 Å². The van der Waals surface area contributed by atoms with Crippen molar-refractivity contribution in [2.24, 2.45) is 0 Å². The molecule has 1 rings (SSSR count). The highest BCUT2D eigenvalue weighted by Gasteiger charge is 2.39. The predicted octanol–water partition coefficient (Wildman–Crippen LogP) is 0.236. The zero-order chi connectivity index (χ0) is 15.9. The van der Waals surface area contributed by atoms with Gasteiger partial charge in [-0.3, -0.25) is 4.79 Å². The topological polar surface area (TPSA) is 87.7 Å². The van der Waals surface area contributed by atoms with Crippen LogP contribution in [0.4, 0.5) is 0 Å². The Kier molecular flexibility index (Phi) is 7.58. The van der Waals surface area contributed by atoms with Gasteiger partial charge in [0.1, 0.15) is 6.04 Å². The van der Waals surface area contributed by atoms with Crippen LogP contribution in [0.25, 0.3) is 0 Å². The van der Waals surface area contributed by atoms with Gasteiger partial charge in [0, 0.05) is 19.1 Å². The fourth-order valence-electron chi connectivity index (χ4n) is 2.27. The van der Waals surface area contributed by atoms with Gasteiger partial charge in [-0.2, -0.15) is 12.7 Å². The van der Waals surface area contributed by atoms with E-state index >= 15 is 0 Å². The Morgan fingerprint density at radius 1 is 1.38 bits per heavy atom. The van der Waals surface area contributed by atoms with Gasteiger partial charge in [0.25, 0.3) is 10.2 Å². The van der Waals surface area contributed by atoms with Crippen molar-refractivity contribution in [3.63, 3.8) is 0 Å². The van der Waals surface area contributed by atoms with Crippen LogP contribution in [0.15, 0.2) is 0 Å². The number of hydrogen-bond donors (Lipinski definition) is 2. The molecule has 1 heterocycles. The van der Waals surface area contributed by atoms with Crippen LogP contribution < -0.4 is 10.0 Å². The Balaban J connectivity index is 2.47. The van der Waals surface area contributed by atoms with E-state index in [1.54, 1.807) is 6.92 Å². The first-order valence-electron chi connectivity index (χ1n) is 7.55. The fourth-order valence-corrected chi connectivity index (χ4v) is 3.73. The van der Waals surface area contributed by atoms with Crippen molar-refractivity contribution in [2.45, 2.75) is 52.1 Å². The van der Waals surface area contributed by atoms with E-state index in [2.05, 4.69) is 10.0 Å². The van der Waals surface area contributed by atoms with Crippen molar-refractivity contribution in [3.8, 4) is 0 Å². The van der Waals surface area contributed by atoms with Gasteiger partial charge in [-0.15, -0.1) is 0 Å². The van der Waals surface area contributed by atoms with Crippen molar-refractivity contribution in [1.82, 2.24) is 14.3 Å². The smallest absolute Gasteiger partial charge is 0.324 e. The normalized spacial score (nSPS) is 20.1. The maximum absolute atomic E-state index is 12.2. The summed E-state index contributed by atoms with van der Waals surface area (Å²) in [6, 6.07) is -0.301. The Hall–Kier alpha value is -0.700. The van der Waals surface area contributed by atoms with E-state index in [0.717, 1.165) is 6.54 Å².